The molecule has 1 fully saturated rings. The van der Waals surface area contributed by atoms with Crippen LogP contribution < -0.4 is 5.32 Å². The second kappa shape index (κ2) is 6.17. The smallest absolute Gasteiger partial charge is 0.252 e. The number of halogens is 2. The fourth-order valence-corrected chi connectivity index (χ4v) is 3.68. The summed E-state index contributed by atoms with van der Waals surface area (Å²) in [6, 6.07) is 16.1. The van der Waals surface area contributed by atoms with Gasteiger partial charge in [0.25, 0.3) is 5.91 Å². The van der Waals surface area contributed by atoms with Gasteiger partial charge < -0.3 is 5.32 Å². The highest BCUT2D eigenvalue weighted by atomic mass is 79.9. The van der Waals surface area contributed by atoms with E-state index in [2.05, 4.69) is 68.4 Å². The molecule has 2 aromatic rings. The average molecular weight is 423 g/mol. The molecule has 2 aromatic carbocycles. The normalized spacial score (nSPS) is 16.9. The summed E-state index contributed by atoms with van der Waals surface area (Å²) in [6.45, 7) is 2.10. The monoisotopic (exact) mass is 421 g/mol. The number of rotatable bonds is 4. The number of carbonyl (C=O) groups is 1. The summed E-state index contributed by atoms with van der Waals surface area (Å²) in [4.78, 5) is 12.5. The lowest BCUT2D eigenvalue weighted by Crippen LogP contribution is -2.41. The average Bonchev–Trinajstić information content (AvgIpc) is 3.30. The fourth-order valence-electron chi connectivity index (χ4n) is 2.95. The van der Waals surface area contributed by atoms with Crippen LogP contribution in [-0.2, 0) is 5.41 Å². The van der Waals surface area contributed by atoms with E-state index in [4.69, 9.17) is 0 Å². The summed E-state index contributed by atoms with van der Waals surface area (Å²) in [7, 11) is 0. The van der Waals surface area contributed by atoms with Gasteiger partial charge in [-0.1, -0.05) is 40.2 Å². The summed E-state index contributed by atoms with van der Waals surface area (Å²) >= 11 is 6.91. The van der Waals surface area contributed by atoms with Crippen molar-refractivity contribution in [3.05, 3.63) is 68.6 Å². The van der Waals surface area contributed by atoms with Gasteiger partial charge in [0.1, 0.15) is 0 Å². The van der Waals surface area contributed by atoms with E-state index in [0.717, 1.165) is 21.8 Å². The molecule has 1 unspecified atom stereocenters. The van der Waals surface area contributed by atoms with Crippen molar-refractivity contribution < 1.29 is 4.79 Å². The van der Waals surface area contributed by atoms with Crippen LogP contribution in [-0.4, -0.2) is 11.9 Å². The summed E-state index contributed by atoms with van der Waals surface area (Å²) in [5.74, 6) is -0.0247. The second-order valence-corrected chi connectivity index (χ2v) is 7.61. The second-order valence-electron chi connectivity index (χ2n) is 5.84. The molecule has 0 spiro atoms. The number of hydrogen-bond acceptors (Lipinski definition) is 1. The van der Waals surface area contributed by atoms with Crippen molar-refractivity contribution in [3.8, 4) is 0 Å². The lowest BCUT2D eigenvalue weighted by Gasteiger charge is -2.25. The van der Waals surface area contributed by atoms with E-state index in [9.17, 15) is 4.79 Å². The molecule has 3 rings (SSSR count). The van der Waals surface area contributed by atoms with E-state index in [0.29, 0.717) is 5.56 Å². The molecule has 1 amide bonds. The highest BCUT2D eigenvalue weighted by Gasteiger charge is 2.49. The molecule has 0 saturated heterocycles. The van der Waals surface area contributed by atoms with Crippen molar-refractivity contribution in [2.45, 2.75) is 31.2 Å². The largest absolute Gasteiger partial charge is 0.349 e. The van der Waals surface area contributed by atoms with E-state index in [1.54, 1.807) is 0 Å². The molecule has 22 heavy (non-hydrogen) atoms. The molecule has 1 atom stereocenters. The summed E-state index contributed by atoms with van der Waals surface area (Å²) in [6.07, 6.45) is 2.23. The Labute approximate surface area is 147 Å². The van der Waals surface area contributed by atoms with Crippen molar-refractivity contribution in [3.63, 3.8) is 0 Å². The van der Waals surface area contributed by atoms with Crippen molar-refractivity contribution in [1.82, 2.24) is 5.32 Å². The van der Waals surface area contributed by atoms with Crippen LogP contribution in [0.1, 0.15) is 35.7 Å². The number of carbonyl (C=O) groups excluding carboxylic acids is 1. The Morgan fingerprint density at radius 3 is 2.32 bits per heavy atom. The molecule has 0 aromatic heterocycles. The van der Waals surface area contributed by atoms with Crippen molar-refractivity contribution in [2.24, 2.45) is 0 Å². The Balaban J connectivity index is 1.77. The highest BCUT2D eigenvalue weighted by Crippen LogP contribution is 2.51. The Hall–Kier alpha value is -1.13. The van der Waals surface area contributed by atoms with Gasteiger partial charge in [-0.05, 0) is 65.5 Å². The minimum Gasteiger partial charge on any atom is -0.349 e. The van der Waals surface area contributed by atoms with Crippen LogP contribution in [0.5, 0.6) is 0 Å². The molecule has 0 aliphatic heterocycles. The molecule has 0 bridgehead atoms. The summed E-state index contributed by atoms with van der Waals surface area (Å²) in [5, 5.41) is 3.17. The van der Waals surface area contributed by atoms with E-state index >= 15 is 0 Å². The third kappa shape index (κ3) is 2.99. The van der Waals surface area contributed by atoms with Gasteiger partial charge in [0, 0.05) is 20.4 Å². The zero-order valence-corrected chi connectivity index (χ0v) is 15.4. The zero-order valence-electron chi connectivity index (χ0n) is 12.3. The van der Waals surface area contributed by atoms with Gasteiger partial charge in [0.2, 0.25) is 0 Å². The van der Waals surface area contributed by atoms with E-state index in [1.807, 2.05) is 24.3 Å². The quantitative estimate of drug-likeness (QED) is 0.732. The molecular formula is C18H17Br2NO. The topological polar surface area (TPSA) is 29.1 Å². The van der Waals surface area contributed by atoms with E-state index in [-0.39, 0.29) is 17.4 Å². The maximum atomic E-state index is 12.5. The van der Waals surface area contributed by atoms with Gasteiger partial charge in [-0.2, -0.15) is 0 Å². The fraction of sp³-hybridized carbons (Fsp3) is 0.278. The van der Waals surface area contributed by atoms with Crippen molar-refractivity contribution >= 4 is 37.8 Å². The maximum absolute atomic E-state index is 12.5. The van der Waals surface area contributed by atoms with Crippen LogP contribution in [0, 0.1) is 0 Å². The number of nitrogens with one attached hydrogen (secondary N) is 1. The molecule has 114 valence electrons. The predicted octanol–water partition coefficient (Wildman–Crippen LogP) is 5.06. The Morgan fingerprint density at radius 2 is 1.73 bits per heavy atom. The third-order valence-electron chi connectivity index (χ3n) is 4.50. The van der Waals surface area contributed by atoms with Crippen LogP contribution in [0.4, 0.5) is 0 Å². The SMILES string of the molecule is CC(NC(=O)c1ccccc1Br)C1(c2ccc(Br)cc2)CC1. The van der Waals surface area contributed by atoms with Gasteiger partial charge >= 0.3 is 0 Å². The van der Waals surface area contributed by atoms with Crippen LogP contribution in [0.3, 0.4) is 0 Å². The van der Waals surface area contributed by atoms with Crippen molar-refractivity contribution in [2.75, 3.05) is 0 Å². The molecule has 1 aliphatic carbocycles. The molecular weight excluding hydrogens is 406 g/mol. The first-order chi connectivity index (χ1) is 10.5. The predicted molar refractivity (Wildman–Crippen MR) is 96.1 cm³/mol. The van der Waals surface area contributed by atoms with Crippen LogP contribution in [0.2, 0.25) is 0 Å². The molecule has 1 aliphatic rings. The zero-order chi connectivity index (χ0) is 15.7. The van der Waals surface area contributed by atoms with Crippen LogP contribution in [0.25, 0.3) is 0 Å². The van der Waals surface area contributed by atoms with Gasteiger partial charge in [-0.15, -0.1) is 0 Å². The highest BCUT2D eigenvalue weighted by molar-refractivity contribution is 9.10. The number of amides is 1. The number of hydrogen-bond donors (Lipinski definition) is 1. The molecule has 1 saturated carbocycles. The first-order valence-electron chi connectivity index (χ1n) is 7.34. The lowest BCUT2D eigenvalue weighted by atomic mass is 9.89. The lowest BCUT2D eigenvalue weighted by molar-refractivity contribution is 0.0931. The van der Waals surface area contributed by atoms with Crippen LogP contribution >= 0.6 is 31.9 Å². The van der Waals surface area contributed by atoms with Gasteiger partial charge in [-0.3, -0.25) is 4.79 Å². The summed E-state index contributed by atoms with van der Waals surface area (Å²) in [5.41, 5.74) is 2.06. The van der Waals surface area contributed by atoms with E-state index < -0.39 is 0 Å². The maximum Gasteiger partial charge on any atom is 0.252 e. The minimum absolute atomic E-state index is 0.0247. The molecule has 0 radical (unpaired) electrons. The van der Waals surface area contributed by atoms with Crippen LogP contribution in [0.15, 0.2) is 57.5 Å². The minimum atomic E-state index is -0.0247. The van der Waals surface area contributed by atoms with Gasteiger partial charge in [-0.25, -0.2) is 0 Å². The van der Waals surface area contributed by atoms with Crippen molar-refractivity contribution in [1.29, 1.82) is 0 Å². The van der Waals surface area contributed by atoms with Gasteiger partial charge in [0.15, 0.2) is 0 Å². The van der Waals surface area contributed by atoms with E-state index in [1.165, 1.54) is 5.56 Å². The number of benzene rings is 2. The third-order valence-corrected chi connectivity index (χ3v) is 5.72. The molecule has 1 N–H and O–H groups in total. The van der Waals surface area contributed by atoms with Gasteiger partial charge in [0.05, 0.1) is 5.56 Å². The standard InChI is InChI=1S/C18H17Br2NO/c1-12(21-17(22)15-4-2-3-5-16(15)20)18(10-11-18)13-6-8-14(19)9-7-13/h2-9,12H,10-11H2,1H3,(H,21,22). The first kappa shape index (κ1) is 15.8. The summed E-state index contributed by atoms with van der Waals surface area (Å²) < 4.78 is 1.91. The molecule has 2 nitrogen and oxygen atoms in total. The Bertz CT molecular complexity index is 692. The Kier molecular flexibility index (Phi) is 4.42. The Morgan fingerprint density at radius 1 is 1.09 bits per heavy atom. The molecule has 0 heterocycles. The molecule has 4 heteroatoms. The first-order valence-corrected chi connectivity index (χ1v) is 8.93.